The lowest BCUT2D eigenvalue weighted by atomic mass is 10.1. The van der Waals surface area contributed by atoms with Crippen molar-refractivity contribution in [2.24, 2.45) is 5.92 Å². The van der Waals surface area contributed by atoms with Crippen molar-refractivity contribution < 1.29 is 14.8 Å². The maximum absolute atomic E-state index is 11.6. The number of benzene rings is 1. The first-order valence-electron chi connectivity index (χ1n) is 6.84. The summed E-state index contributed by atoms with van der Waals surface area (Å²) in [7, 11) is 0. The summed E-state index contributed by atoms with van der Waals surface area (Å²) < 4.78 is 0. The highest BCUT2D eigenvalue weighted by molar-refractivity contribution is 5.91. The molecule has 0 spiro atoms. The minimum atomic E-state index is -0.465. The quantitative estimate of drug-likeness (QED) is 0.332. The number of nitro groups is 1. The van der Waals surface area contributed by atoms with E-state index in [9.17, 15) is 14.9 Å². The predicted octanol–water partition coefficient (Wildman–Crippen LogP) is 2.13. The van der Waals surface area contributed by atoms with Crippen molar-refractivity contribution in [1.82, 2.24) is 5.32 Å². The summed E-state index contributed by atoms with van der Waals surface area (Å²) in [6.07, 6.45) is 4.69. The van der Waals surface area contributed by atoms with Crippen LogP contribution in [0.1, 0.15) is 25.3 Å². The molecule has 0 aliphatic rings. The number of carbonyl (C=O) groups excluding carboxylic acids is 1. The molecule has 0 saturated heterocycles. The Morgan fingerprint density at radius 3 is 2.67 bits per heavy atom. The lowest BCUT2D eigenvalue weighted by Crippen LogP contribution is -2.22. The average molecular weight is 292 g/mol. The first kappa shape index (κ1) is 16.8. The SMILES string of the molecule is CC(CO)CCCNC(=O)/C=C/c1ccc([N+](=O)[O-])cc1. The molecule has 1 aromatic carbocycles. The van der Waals surface area contributed by atoms with Crippen LogP contribution in [0.2, 0.25) is 0 Å². The van der Waals surface area contributed by atoms with Gasteiger partial charge in [0.15, 0.2) is 0 Å². The van der Waals surface area contributed by atoms with Crippen LogP contribution in [0.4, 0.5) is 5.69 Å². The number of amides is 1. The molecule has 114 valence electrons. The predicted molar refractivity (Wildman–Crippen MR) is 80.6 cm³/mol. The number of non-ortho nitro benzene ring substituents is 1. The van der Waals surface area contributed by atoms with E-state index < -0.39 is 4.92 Å². The molecule has 0 aliphatic carbocycles. The molecule has 21 heavy (non-hydrogen) atoms. The van der Waals surface area contributed by atoms with E-state index in [2.05, 4.69) is 5.32 Å². The van der Waals surface area contributed by atoms with Gasteiger partial charge in [-0.2, -0.15) is 0 Å². The van der Waals surface area contributed by atoms with Crippen LogP contribution in [0.15, 0.2) is 30.3 Å². The standard InChI is InChI=1S/C15H20N2O4/c1-12(11-18)3-2-10-16-15(19)9-6-13-4-7-14(8-5-13)17(20)21/h4-9,12,18H,2-3,10-11H2,1H3,(H,16,19)/b9-6+. The summed E-state index contributed by atoms with van der Waals surface area (Å²) in [6, 6.07) is 5.97. The van der Waals surface area contributed by atoms with Crippen LogP contribution in [0.3, 0.4) is 0 Å². The molecule has 1 amide bonds. The Morgan fingerprint density at radius 2 is 2.10 bits per heavy atom. The zero-order valence-corrected chi connectivity index (χ0v) is 12.0. The van der Waals surface area contributed by atoms with Crippen molar-refractivity contribution in [3.8, 4) is 0 Å². The van der Waals surface area contributed by atoms with Gasteiger partial charge < -0.3 is 10.4 Å². The fourth-order valence-corrected chi connectivity index (χ4v) is 1.69. The molecule has 6 heteroatoms. The molecule has 1 atom stereocenters. The lowest BCUT2D eigenvalue weighted by molar-refractivity contribution is -0.384. The summed E-state index contributed by atoms with van der Waals surface area (Å²) in [6.45, 7) is 2.68. The second-order valence-corrected chi connectivity index (χ2v) is 4.90. The Labute approximate surface area is 123 Å². The van der Waals surface area contributed by atoms with Gasteiger partial charge in [0.25, 0.3) is 5.69 Å². The van der Waals surface area contributed by atoms with Crippen LogP contribution < -0.4 is 5.32 Å². The first-order chi connectivity index (χ1) is 10.0. The molecule has 1 rings (SSSR count). The third-order valence-electron chi connectivity index (χ3n) is 3.02. The van der Waals surface area contributed by atoms with E-state index in [-0.39, 0.29) is 24.1 Å². The highest BCUT2D eigenvalue weighted by Gasteiger charge is 2.03. The van der Waals surface area contributed by atoms with Crippen molar-refractivity contribution in [3.63, 3.8) is 0 Å². The van der Waals surface area contributed by atoms with Gasteiger partial charge in [-0.15, -0.1) is 0 Å². The van der Waals surface area contributed by atoms with Gasteiger partial charge in [0.1, 0.15) is 0 Å². The van der Waals surface area contributed by atoms with Crippen molar-refractivity contribution in [3.05, 3.63) is 46.0 Å². The molecule has 1 aromatic rings. The molecule has 0 bridgehead atoms. The molecular formula is C15H20N2O4. The molecule has 1 unspecified atom stereocenters. The number of aliphatic hydroxyl groups is 1. The zero-order valence-electron chi connectivity index (χ0n) is 12.0. The smallest absolute Gasteiger partial charge is 0.269 e. The minimum absolute atomic E-state index is 0.0228. The summed E-state index contributed by atoms with van der Waals surface area (Å²) >= 11 is 0. The number of nitrogens with zero attached hydrogens (tertiary/aromatic N) is 1. The van der Waals surface area contributed by atoms with Crippen LogP contribution in [-0.4, -0.2) is 29.1 Å². The van der Waals surface area contributed by atoms with Crippen LogP contribution in [-0.2, 0) is 4.79 Å². The van der Waals surface area contributed by atoms with E-state index in [4.69, 9.17) is 5.11 Å². The second-order valence-electron chi connectivity index (χ2n) is 4.90. The highest BCUT2D eigenvalue weighted by Crippen LogP contribution is 2.12. The molecule has 0 radical (unpaired) electrons. The fourth-order valence-electron chi connectivity index (χ4n) is 1.69. The van der Waals surface area contributed by atoms with E-state index in [0.29, 0.717) is 6.54 Å². The maximum atomic E-state index is 11.6. The number of aliphatic hydroxyl groups excluding tert-OH is 1. The van der Waals surface area contributed by atoms with Gasteiger partial charge in [-0.1, -0.05) is 6.92 Å². The molecule has 0 aromatic heterocycles. The largest absolute Gasteiger partial charge is 0.396 e. The fraction of sp³-hybridized carbons (Fsp3) is 0.400. The van der Waals surface area contributed by atoms with Crippen LogP contribution in [0.25, 0.3) is 6.08 Å². The van der Waals surface area contributed by atoms with Gasteiger partial charge in [0.2, 0.25) is 5.91 Å². The summed E-state index contributed by atoms with van der Waals surface area (Å²) in [4.78, 5) is 21.6. The number of hydrogen-bond donors (Lipinski definition) is 2. The van der Waals surface area contributed by atoms with Crippen molar-refractivity contribution in [2.75, 3.05) is 13.2 Å². The molecule has 0 aliphatic heterocycles. The van der Waals surface area contributed by atoms with E-state index in [1.165, 1.54) is 18.2 Å². The van der Waals surface area contributed by atoms with Gasteiger partial charge in [-0.3, -0.25) is 14.9 Å². The summed E-state index contributed by atoms with van der Waals surface area (Å²) in [5, 5.41) is 22.1. The van der Waals surface area contributed by atoms with E-state index >= 15 is 0 Å². The average Bonchev–Trinajstić information content (AvgIpc) is 2.49. The Morgan fingerprint density at radius 1 is 1.43 bits per heavy atom. The van der Waals surface area contributed by atoms with Crippen molar-refractivity contribution in [2.45, 2.75) is 19.8 Å². The summed E-state index contributed by atoms with van der Waals surface area (Å²) in [5.41, 5.74) is 0.749. The van der Waals surface area contributed by atoms with Gasteiger partial charge in [-0.25, -0.2) is 0 Å². The minimum Gasteiger partial charge on any atom is -0.396 e. The Hall–Kier alpha value is -2.21. The highest BCUT2D eigenvalue weighted by atomic mass is 16.6. The van der Waals surface area contributed by atoms with E-state index in [0.717, 1.165) is 18.4 Å². The summed E-state index contributed by atoms with van der Waals surface area (Å²) in [5.74, 6) is 0.0440. The molecule has 2 N–H and O–H groups in total. The van der Waals surface area contributed by atoms with E-state index in [1.54, 1.807) is 18.2 Å². The third-order valence-corrected chi connectivity index (χ3v) is 3.02. The van der Waals surface area contributed by atoms with E-state index in [1.807, 2.05) is 6.92 Å². The second kappa shape index (κ2) is 8.86. The molecule has 0 saturated carbocycles. The molecule has 6 nitrogen and oxygen atoms in total. The number of carbonyl (C=O) groups is 1. The van der Waals surface area contributed by atoms with Gasteiger partial charge in [0.05, 0.1) is 4.92 Å². The number of hydrogen-bond acceptors (Lipinski definition) is 4. The van der Waals surface area contributed by atoms with Crippen molar-refractivity contribution in [1.29, 1.82) is 0 Å². The Bertz CT molecular complexity index is 497. The Balaban J connectivity index is 2.35. The number of nitrogens with one attached hydrogen (secondary N) is 1. The lowest BCUT2D eigenvalue weighted by Gasteiger charge is -2.07. The van der Waals surface area contributed by atoms with Crippen LogP contribution in [0, 0.1) is 16.0 Å². The number of nitro benzene ring substituents is 1. The zero-order chi connectivity index (χ0) is 15.7. The maximum Gasteiger partial charge on any atom is 0.269 e. The molecule has 0 fully saturated rings. The monoisotopic (exact) mass is 292 g/mol. The van der Waals surface area contributed by atoms with Gasteiger partial charge in [0, 0.05) is 31.4 Å². The Kier molecular flexibility index (Phi) is 7.11. The van der Waals surface area contributed by atoms with Gasteiger partial charge >= 0.3 is 0 Å². The van der Waals surface area contributed by atoms with Crippen LogP contribution >= 0.6 is 0 Å². The van der Waals surface area contributed by atoms with Crippen molar-refractivity contribution >= 4 is 17.7 Å². The topological polar surface area (TPSA) is 92.5 Å². The third kappa shape index (κ3) is 6.67. The molecular weight excluding hydrogens is 272 g/mol. The molecule has 0 heterocycles. The first-order valence-corrected chi connectivity index (χ1v) is 6.84. The number of rotatable bonds is 8. The van der Waals surface area contributed by atoms with Crippen LogP contribution in [0.5, 0.6) is 0 Å². The van der Waals surface area contributed by atoms with Gasteiger partial charge in [-0.05, 0) is 42.5 Å². The normalized spacial score (nSPS) is 12.3.